The zero-order valence-electron chi connectivity index (χ0n) is 24.4. The van der Waals surface area contributed by atoms with Crippen LogP contribution in [0.1, 0.15) is 0 Å². The lowest BCUT2D eigenvalue weighted by Gasteiger charge is -2.12. The largest absolute Gasteiger partial charge is 0.208 e. The summed E-state index contributed by atoms with van der Waals surface area (Å²) in [6, 6.07) is 49.5. The van der Waals surface area contributed by atoms with E-state index in [-0.39, 0.29) is 0 Å². The molecule has 0 spiro atoms. The Bertz CT molecular complexity index is 2820. The summed E-state index contributed by atoms with van der Waals surface area (Å²) in [5, 5.41) is 9.70. The molecule has 3 nitrogen and oxygen atoms in total. The molecular formula is C41H23N3S2. The van der Waals surface area contributed by atoms with Gasteiger partial charge in [-0.05, 0) is 45.8 Å². The van der Waals surface area contributed by atoms with Gasteiger partial charge in [0.1, 0.15) is 0 Å². The molecule has 0 unspecified atom stereocenters. The van der Waals surface area contributed by atoms with Crippen LogP contribution in [0.25, 0.3) is 96.1 Å². The maximum atomic E-state index is 5.31. The Balaban J connectivity index is 1.32. The minimum atomic E-state index is 0.677. The third-order valence-corrected chi connectivity index (χ3v) is 11.3. The summed E-state index contributed by atoms with van der Waals surface area (Å²) < 4.78 is 4.94. The molecule has 3 aromatic heterocycles. The molecule has 0 aliphatic carbocycles. The average molecular weight is 622 g/mol. The molecule has 10 rings (SSSR count). The summed E-state index contributed by atoms with van der Waals surface area (Å²) in [4.78, 5) is 15.8. The van der Waals surface area contributed by atoms with Crippen LogP contribution in [0.4, 0.5) is 0 Å². The van der Waals surface area contributed by atoms with Crippen LogP contribution in [0.3, 0.4) is 0 Å². The van der Waals surface area contributed by atoms with E-state index in [1.54, 1.807) is 11.3 Å². The molecule has 3 heterocycles. The number of fused-ring (bicyclic) bond motifs is 9. The normalized spacial score (nSPS) is 11.9. The molecular weight excluding hydrogens is 599 g/mol. The van der Waals surface area contributed by atoms with Crippen LogP contribution in [-0.4, -0.2) is 15.0 Å². The summed E-state index contributed by atoms with van der Waals surface area (Å²) in [5.41, 5.74) is 3.05. The first-order valence-electron chi connectivity index (χ1n) is 15.3. The van der Waals surface area contributed by atoms with Gasteiger partial charge in [0.05, 0.1) is 0 Å². The SMILES string of the molecule is c1ccc2c(-c3nc(-c4cccc5c4sc4ccccc45)nc(-c4cccc5sc6ccc7ccccc7c6c45)n3)cccc2c1. The highest BCUT2D eigenvalue weighted by Crippen LogP contribution is 2.44. The van der Waals surface area contributed by atoms with Gasteiger partial charge >= 0.3 is 0 Å². The minimum Gasteiger partial charge on any atom is -0.208 e. The molecule has 0 aliphatic rings. The Kier molecular flexibility index (Phi) is 5.61. The topological polar surface area (TPSA) is 38.7 Å². The molecule has 0 radical (unpaired) electrons. The fourth-order valence-electron chi connectivity index (χ4n) is 6.85. The van der Waals surface area contributed by atoms with Crippen LogP contribution in [0.5, 0.6) is 0 Å². The second kappa shape index (κ2) is 10.0. The summed E-state index contributed by atoms with van der Waals surface area (Å²) in [6.07, 6.45) is 0. The lowest BCUT2D eigenvalue weighted by molar-refractivity contribution is 1.08. The van der Waals surface area contributed by atoms with Gasteiger partial charge in [0.2, 0.25) is 0 Å². The van der Waals surface area contributed by atoms with Gasteiger partial charge in [0.15, 0.2) is 17.5 Å². The average Bonchev–Trinajstić information content (AvgIpc) is 3.70. The number of hydrogen-bond donors (Lipinski definition) is 0. The van der Waals surface area contributed by atoms with Gasteiger partial charge in [-0.2, -0.15) is 0 Å². The van der Waals surface area contributed by atoms with Crippen molar-refractivity contribution in [2.45, 2.75) is 0 Å². The number of aromatic nitrogens is 3. The molecule has 0 saturated carbocycles. The summed E-state index contributed by atoms with van der Waals surface area (Å²) in [6.45, 7) is 0. The van der Waals surface area contributed by atoms with Gasteiger partial charge in [-0.25, -0.2) is 15.0 Å². The fraction of sp³-hybridized carbons (Fsp3) is 0. The number of rotatable bonds is 3. The lowest BCUT2D eigenvalue weighted by atomic mass is 10.00. The number of hydrogen-bond acceptors (Lipinski definition) is 5. The smallest absolute Gasteiger partial charge is 0.165 e. The minimum absolute atomic E-state index is 0.677. The zero-order valence-corrected chi connectivity index (χ0v) is 26.1. The first-order valence-corrected chi connectivity index (χ1v) is 16.9. The second-order valence-corrected chi connectivity index (χ2v) is 13.7. The van der Waals surface area contributed by atoms with Crippen molar-refractivity contribution >= 4 is 84.6 Å². The fourth-order valence-corrected chi connectivity index (χ4v) is 9.21. The maximum absolute atomic E-state index is 5.31. The maximum Gasteiger partial charge on any atom is 0.165 e. The van der Waals surface area contributed by atoms with Crippen LogP contribution >= 0.6 is 22.7 Å². The highest BCUT2D eigenvalue weighted by molar-refractivity contribution is 7.26. The molecule has 0 aliphatic heterocycles. The molecule has 5 heteroatoms. The molecule has 0 fully saturated rings. The quantitative estimate of drug-likeness (QED) is 0.197. The Hall–Kier alpha value is -5.49. The van der Waals surface area contributed by atoms with Crippen molar-refractivity contribution < 1.29 is 0 Å². The van der Waals surface area contributed by atoms with Crippen molar-refractivity contribution in [1.82, 2.24) is 15.0 Å². The molecule has 0 amide bonds. The number of nitrogens with zero attached hydrogens (tertiary/aromatic N) is 3. The van der Waals surface area contributed by atoms with Crippen molar-refractivity contribution in [3.05, 3.63) is 140 Å². The molecule has 0 saturated heterocycles. The molecule has 46 heavy (non-hydrogen) atoms. The monoisotopic (exact) mass is 621 g/mol. The first-order chi connectivity index (χ1) is 22.8. The van der Waals surface area contributed by atoms with Gasteiger partial charge in [0.25, 0.3) is 0 Å². The van der Waals surface area contributed by atoms with E-state index in [4.69, 9.17) is 15.0 Å². The van der Waals surface area contributed by atoms with E-state index < -0.39 is 0 Å². The van der Waals surface area contributed by atoms with Crippen molar-refractivity contribution in [1.29, 1.82) is 0 Å². The van der Waals surface area contributed by atoms with Crippen LogP contribution in [0, 0.1) is 0 Å². The van der Waals surface area contributed by atoms with Gasteiger partial charge in [-0.15, -0.1) is 22.7 Å². The molecule has 214 valence electrons. The van der Waals surface area contributed by atoms with Crippen LogP contribution in [0.2, 0.25) is 0 Å². The summed E-state index contributed by atoms with van der Waals surface area (Å²) >= 11 is 3.62. The highest BCUT2D eigenvalue weighted by Gasteiger charge is 2.20. The van der Waals surface area contributed by atoms with Crippen molar-refractivity contribution in [2.24, 2.45) is 0 Å². The van der Waals surface area contributed by atoms with Crippen LogP contribution in [-0.2, 0) is 0 Å². The Morgan fingerprint density at radius 2 is 0.870 bits per heavy atom. The Morgan fingerprint density at radius 1 is 0.326 bits per heavy atom. The second-order valence-electron chi connectivity index (χ2n) is 11.6. The standard InChI is InChI=1S/C41H23N3S2/c1-3-13-26-24(10-1)12-7-17-30(26)39-42-40(44-41(43-39)32-19-8-16-29-28-15-5-6-20-33(28)46-38(29)32)31-18-9-21-34-37(31)36-27-14-4-2-11-25(27)22-23-35(36)45-34/h1-23H. The zero-order chi connectivity index (χ0) is 30.2. The van der Waals surface area contributed by atoms with Crippen LogP contribution < -0.4 is 0 Å². The van der Waals surface area contributed by atoms with Gasteiger partial charge in [0, 0.05) is 57.0 Å². The third kappa shape index (κ3) is 3.86. The van der Waals surface area contributed by atoms with Crippen molar-refractivity contribution in [2.75, 3.05) is 0 Å². The predicted octanol–water partition coefficient (Wildman–Crippen LogP) is 11.9. The lowest BCUT2D eigenvalue weighted by Crippen LogP contribution is -2.01. The molecule has 7 aromatic carbocycles. The van der Waals surface area contributed by atoms with E-state index >= 15 is 0 Å². The van der Waals surface area contributed by atoms with Crippen molar-refractivity contribution in [3.8, 4) is 34.2 Å². The molecule has 0 N–H and O–H groups in total. The molecule has 0 bridgehead atoms. The highest BCUT2D eigenvalue weighted by atomic mass is 32.1. The van der Waals surface area contributed by atoms with E-state index in [2.05, 4.69) is 140 Å². The number of benzene rings is 7. The van der Waals surface area contributed by atoms with E-state index in [1.807, 2.05) is 11.3 Å². The van der Waals surface area contributed by atoms with E-state index in [1.165, 1.54) is 51.1 Å². The van der Waals surface area contributed by atoms with E-state index in [9.17, 15) is 0 Å². The van der Waals surface area contributed by atoms with Gasteiger partial charge in [-0.3, -0.25) is 0 Å². The Labute approximate surface area is 272 Å². The van der Waals surface area contributed by atoms with E-state index in [0.29, 0.717) is 17.5 Å². The van der Waals surface area contributed by atoms with Gasteiger partial charge < -0.3 is 0 Å². The number of thiophene rings is 2. The van der Waals surface area contributed by atoms with Crippen molar-refractivity contribution in [3.63, 3.8) is 0 Å². The molecule has 10 aromatic rings. The summed E-state index contributed by atoms with van der Waals surface area (Å²) in [5.74, 6) is 2.05. The Morgan fingerprint density at radius 3 is 1.74 bits per heavy atom. The van der Waals surface area contributed by atoms with Gasteiger partial charge in [-0.1, -0.05) is 115 Å². The molecule has 0 atom stereocenters. The van der Waals surface area contributed by atoms with E-state index in [0.717, 1.165) is 27.5 Å². The third-order valence-electron chi connectivity index (χ3n) is 8.94. The first kappa shape index (κ1) is 25.8. The predicted molar refractivity (Wildman–Crippen MR) is 197 cm³/mol. The summed E-state index contributed by atoms with van der Waals surface area (Å²) in [7, 11) is 0. The van der Waals surface area contributed by atoms with Crippen LogP contribution in [0.15, 0.2) is 140 Å².